The largest absolute Gasteiger partial charge is 0.367 e. The molecule has 0 aliphatic carbocycles. The number of benzene rings is 2. The lowest BCUT2D eigenvalue weighted by molar-refractivity contribution is -0.117. The van der Waals surface area contributed by atoms with Crippen molar-refractivity contribution in [2.24, 2.45) is 0 Å². The molecule has 31 heavy (non-hydrogen) atoms. The molecule has 0 unspecified atom stereocenters. The highest BCUT2D eigenvalue weighted by molar-refractivity contribution is 7.89. The molecule has 0 aromatic heterocycles. The van der Waals surface area contributed by atoms with Gasteiger partial charge in [0.15, 0.2) is 0 Å². The SMILES string of the molecule is CNS(=O)(=O)c1cc(NC(=O)CN2CCN(c3ccc(C#N)cc3F)CC2)ccc1C. The molecule has 0 radical (unpaired) electrons. The third-order valence-electron chi connectivity index (χ3n) is 5.19. The van der Waals surface area contributed by atoms with E-state index in [9.17, 15) is 17.6 Å². The molecule has 8 nitrogen and oxygen atoms in total. The van der Waals surface area contributed by atoms with Crippen LogP contribution in [0.5, 0.6) is 0 Å². The number of rotatable bonds is 6. The van der Waals surface area contributed by atoms with Crippen LogP contribution in [0.15, 0.2) is 41.3 Å². The number of halogens is 1. The number of nitriles is 1. The number of anilines is 2. The Kier molecular flexibility index (Phi) is 6.90. The third-order valence-corrected chi connectivity index (χ3v) is 6.74. The first-order valence-corrected chi connectivity index (χ1v) is 11.2. The summed E-state index contributed by atoms with van der Waals surface area (Å²) in [6, 6.07) is 11.1. The zero-order chi connectivity index (χ0) is 22.6. The van der Waals surface area contributed by atoms with Gasteiger partial charge in [0.1, 0.15) is 5.82 Å². The molecule has 2 aromatic carbocycles. The molecule has 0 saturated carbocycles. The van der Waals surface area contributed by atoms with E-state index < -0.39 is 15.8 Å². The van der Waals surface area contributed by atoms with E-state index in [2.05, 4.69) is 10.0 Å². The van der Waals surface area contributed by atoms with Gasteiger partial charge in [-0.15, -0.1) is 0 Å². The predicted octanol–water partition coefficient (Wildman–Crippen LogP) is 1.67. The van der Waals surface area contributed by atoms with Gasteiger partial charge in [-0.1, -0.05) is 6.07 Å². The van der Waals surface area contributed by atoms with Gasteiger partial charge in [-0.05, 0) is 49.9 Å². The summed E-state index contributed by atoms with van der Waals surface area (Å²) in [5.41, 5.74) is 1.71. The van der Waals surface area contributed by atoms with Gasteiger partial charge >= 0.3 is 0 Å². The quantitative estimate of drug-likeness (QED) is 0.701. The lowest BCUT2D eigenvalue weighted by Crippen LogP contribution is -2.48. The van der Waals surface area contributed by atoms with E-state index in [1.807, 2.05) is 15.9 Å². The first-order valence-electron chi connectivity index (χ1n) is 9.74. The number of carbonyl (C=O) groups excluding carboxylic acids is 1. The van der Waals surface area contributed by atoms with Crippen LogP contribution in [0.1, 0.15) is 11.1 Å². The van der Waals surface area contributed by atoms with E-state index in [1.165, 1.54) is 19.2 Å². The monoisotopic (exact) mass is 445 g/mol. The number of nitrogens with one attached hydrogen (secondary N) is 2. The van der Waals surface area contributed by atoms with Crippen LogP contribution in [0, 0.1) is 24.1 Å². The van der Waals surface area contributed by atoms with Crippen molar-refractivity contribution < 1.29 is 17.6 Å². The van der Waals surface area contributed by atoms with Crippen molar-refractivity contribution in [2.75, 3.05) is 50.0 Å². The standard InChI is InChI=1S/C21H24FN5O3S/c1-15-3-5-17(12-20(15)31(29,30)24-2)25-21(28)14-26-7-9-27(10-8-26)19-6-4-16(13-23)11-18(19)22/h3-6,11-12,24H,7-10,14H2,1-2H3,(H,25,28). The van der Waals surface area contributed by atoms with Gasteiger partial charge in [0, 0.05) is 31.9 Å². The van der Waals surface area contributed by atoms with Gasteiger partial charge in [0.25, 0.3) is 0 Å². The Morgan fingerprint density at radius 2 is 1.87 bits per heavy atom. The summed E-state index contributed by atoms with van der Waals surface area (Å²) in [6.07, 6.45) is 0. The summed E-state index contributed by atoms with van der Waals surface area (Å²) in [7, 11) is -2.28. The predicted molar refractivity (Wildman–Crippen MR) is 116 cm³/mol. The van der Waals surface area contributed by atoms with Gasteiger partial charge in [-0.25, -0.2) is 17.5 Å². The maximum atomic E-state index is 14.2. The molecule has 1 aliphatic rings. The molecule has 164 valence electrons. The van der Waals surface area contributed by atoms with Gasteiger partial charge in [-0.3, -0.25) is 9.69 Å². The van der Waals surface area contributed by atoms with Crippen molar-refractivity contribution in [3.8, 4) is 6.07 Å². The van der Waals surface area contributed by atoms with E-state index in [-0.39, 0.29) is 22.9 Å². The summed E-state index contributed by atoms with van der Waals surface area (Å²) in [4.78, 5) is 16.4. The van der Waals surface area contributed by atoms with Crippen molar-refractivity contribution in [1.29, 1.82) is 5.26 Å². The Hall–Kier alpha value is -3.00. The molecule has 2 N–H and O–H groups in total. The van der Waals surface area contributed by atoms with Gasteiger partial charge < -0.3 is 10.2 Å². The first-order chi connectivity index (χ1) is 14.7. The molecule has 1 saturated heterocycles. The number of aryl methyl sites for hydroxylation is 1. The lowest BCUT2D eigenvalue weighted by Gasteiger charge is -2.35. The number of piperazine rings is 1. The van der Waals surface area contributed by atoms with E-state index in [0.717, 1.165) is 0 Å². The minimum atomic E-state index is -3.62. The number of amides is 1. The fraction of sp³-hybridized carbons (Fsp3) is 0.333. The molecular weight excluding hydrogens is 421 g/mol. The van der Waals surface area contributed by atoms with Crippen LogP contribution >= 0.6 is 0 Å². The van der Waals surface area contributed by atoms with Crippen LogP contribution in [-0.4, -0.2) is 59.0 Å². The molecule has 3 rings (SSSR count). The second kappa shape index (κ2) is 9.43. The second-order valence-electron chi connectivity index (χ2n) is 7.28. The Balaban J connectivity index is 1.57. The molecule has 1 heterocycles. The maximum Gasteiger partial charge on any atom is 0.240 e. The number of nitrogens with zero attached hydrogens (tertiary/aromatic N) is 3. The fourth-order valence-corrected chi connectivity index (χ4v) is 4.45. The minimum absolute atomic E-state index is 0.117. The second-order valence-corrected chi connectivity index (χ2v) is 9.13. The van der Waals surface area contributed by atoms with Crippen molar-refractivity contribution in [2.45, 2.75) is 11.8 Å². The molecular formula is C21H24FN5O3S. The fourth-order valence-electron chi connectivity index (χ4n) is 3.46. The Morgan fingerprint density at radius 1 is 1.16 bits per heavy atom. The molecule has 0 spiro atoms. The highest BCUT2D eigenvalue weighted by Gasteiger charge is 2.22. The highest BCUT2D eigenvalue weighted by Crippen LogP contribution is 2.22. The average Bonchev–Trinajstić information content (AvgIpc) is 2.75. The number of sulfonamides is 1. The van der Waals surface area contributed by atoms with E-state index in [1.54, 1.807) is 31.2 Å². The number of hydrogen-bond donors (Lipinski definition) is 2. The van der Waals surface area contributed by atoms with Crippen LogP contribution in [0.25, 0.3) is 0 Å². The van der Waals surface area contributed by atoms with Gasteiger partial charge in [0.2, 0.25) is 15.9 Å². The topological polar surface area (TPSA) is 106 Å². The van der Waals surface area contributed by atoms with Crippen LogP contribution in [-0.2, 0) is 14.8 Å². The Morgan fingerprint density at radius 3 is 2.48 bits per heavy atom. The summed E-state index contributed by atoms with van der Waals surface area (Å²) in [5, 5.41) is 11.6. The van der Waals surface area contributed by atoms with Crippen LogP contribution in [0.4, 0.5) is 15.8 Å². The van der Waals surface area contributed by atoms with E-state index in [0.29, 0.717) is 43.1 Å². The van der Waals surface area contributed by atoms with Crippen LogP contribution in [0.3, 0.4) is 0 Å². The van der Waals surface area contributed by atoms with Crippen molar-refractivity contribution in [1.82, 2.24) is 9.62 Å². The third kappa shape index (κ3) is 5.38. The summed E-state index contributed by atoms with van der Waals surface area (Å²) in [6.45, 7) is 4.06. The minimum Gasteiger partial charge on any atom is -0.367 e. The first kappa shape index (κ1) is 22.7. The molecule has 0 atom stereocenters. The Bertz CT molecular complexity index is 1120. The molecule has 2 aromatic rings. The van der Waals surface area contributed by atoms with Crippen molar-refractivity contribution >= 4 is 27.3 Å². The zero-order valence-electron chi connectivity index (χ0n) is 17.4. The number of carbonyl (C=O) groups is 1. The van der Waals surface area contributed by atoms with Crippen LogP contribution < -0.4 is 14.9 Å². The van der Waals surface area contributed by atoms with Crippen molar-refractivity contribution in [3.05, 3.63) is 53.3 Å². The highest BCUT2D eigenvalue weighted by atomic mass is 32.2. The normalized spacial score (nSPS) is 14.8. The zero-order valence-corrected chi connectivity index (χ0v) is 18.2. The smallest absolute Gasteiger partial charge is 0.240 e. The molecule has 10 heteroatoms. The number of hydrogen-bond acceptors (Lipinski definition) is 6. The summed E-state index contributed by atoms with van der Waals surface area (Å²) < 4.78 is 40.7. The molecule has 1 aliphatic heterocycles. The molecule has 1 fully saturated rings. The van der Waals surface area contributed by atoms with Gasteiger partial charge in [-0.2, -0.15) is 5.26 Å². The van der Waals surface area contributed by atoms with Gasteiger partial charge in [0.05, 0.1) is 28.8 Å². The van der Waals surface area contributed by atoms with E-state index >= 15 is 0 Å². The average molecular weight is 446 g/mol. The summed E-state index contributed by atoms with van der Waals surface area (Å²) in [5.74, 6) is -0.688. The van der Waals surface area contributed by atoms with E-state index in [4.69, 9.17) is 5.26 Å². The Labute approximate surface area is 181 Å². The summed E-state index contributed by atoms with van der Waals surface area (Å²) >= 11 is 0. The maximum absolute atomic E-state index is 14.2. The van der Waals surface area contributed by atoms with Crippen LogP contribution in [0.2, 0.25) is 0 Å². The molecule has 1 amide bonds. The molecule has 0 bridgehead atoms. The lowest BCUT2D eigenvalue weighted by atomic mass is 10.2. The van der Waals surface area contributed by atoms with Crippen molar-refractivity contribution in [3.63, 3.8) is 0 Å².